The Balaban J connectivity index is 1.49. The van der Waals surface area contributed by atoms with E-state index in [0.717, 1.165) is 35.6 Å². The molecule has 0 aliphatic rings. The van der Waals surface area contributed by atoms with Crippen molar-refractivity contribution in [3.8, 4) is 11.3 Å². The highest BCUT2D eigenvalue weighted by Crippen LogP contribution is 2.23. The normalized spacial score (nSPS) is 10.9. The molecule has 23 heavy (non-hydrogen) atoms. The molecule has 3 rings (SSSR count). The molecule has 0 bridgehead atoms. The standard InChI is InChI=1S/C19H17ClFNO/c20-16-5-3-15(4-6-16)19-10-9-18(23-19)13-22-12-11-14-1-7-17(21)8-2-14/h1-10,22H,11-13H2. The Labute approximate surface area is 139 Å². The minimum absolute atomic E-state index is 0.202. The number of rotatable bonds is 6. The molecule has 0 fully saturated rings. The summed E-state index contributed by atoms with van der Waals surface area (Å²) in [6, 6.07) is 18.1. The van der Waals surface area contributed by atoms with Gasteiger partial charge >= 0.3 is 0 Å². The quantitative estimate of drug-likeness (QED) is 0.639. The third kappa shape index (κ3) is 4.44. The summed E-state index contributed by atoms with van der Waals surface area (Å²) in [7, 11) is 0. The molecule has 0 saturated heterocycles. The summed E-state index contributed by atoms with van der Waals surface area (Å²) < 4.78 is 18.6. The average Bonchev–Trinajstić information content (AvgIpc) is 3.03. The van der Waals surface area contributed by atoms with Gasteiger partial charge in [0.25, 0.3) is 0 Å². The SMILES string of the molecule is Fc1ccc(CCNCc2ccc(-c3ccc(Cl)cc3)o2)cc1. The summed E-state index contributed by atoms with van der Waals surface area (Å²) in [6.45, 7) is 1.47. The van der Waals surface area contributed by atoms with Crippen LogP contribution in [0.4, 0.5) is 4.39 Å². The Morgan fingerprint density at radius 2 is 1.65 bits per heavy atom. The number of nitrogens with one attached hydrogen (secondary N) is 1. The Hall–Kier alpha value is -2.10. The van der Waals surface area contributed by atoms with Crippen LogP contribution in [0.15, 0.2) is 65.1 Å². The third-order valence-corrected chi connectivity index (χ3v) is 3.85. The zero-order valence-corrected chi connectivity index (χ0v) is 13.3. The van der Waals surface area contributed by atoms with Crippen LogP contribution in [0, 0.1) is 5.82 Å². The maximum absolute atomic E-state index is 12.8. The van der Waals surface area contributed by atoms with Gasteiger partial charge in [0, 0.05) is 10.6 Å². The molecule has 0 atom stereocenters. The van der Waals surface area contributed by atoms with Crippen LogP contribution in [0.3, 0.4) is 0 Å². The van der Waals surface area contributed by atoms with E-state index in [1.165, 1.54) is 12.1 Å². The summed E-state index contributed by atoms with van der Waals surface area (Å²) >= 11 is 5.89. The average molecular weight is 330 g/mol. The van der Waals surface area contributed by atoms with Crippen molar-refractivity contribution in [2.75, 3.05) is 6.54 Å². The van der Waals surface area contributed by atoms with Crippen LogP contribution in [0.25, 0.3) is 11.3 Å². The van der Waals surface area contributed by atoms with Crippen molar-refractivity contribution in [1.29, 1.82) is 0 Å². The zero-order valence-electron chi connectivity index (χ0n) is 12.6. The summed E-state index contributed by atoms with van der Waals surface area (Å²) in [5.74, 6) is 1.51. The lowest BCUT2D eigenvalue weighted by Gasteiger charge is -2.03. The fraction of sp³-hybridized carbons (Fsp3) is 0.158. The highest BCUT2D eigenvalue weighted by atomic mass is 35.5. The number of hydrogen-bond donors (Lipinski definition) is 1. The highest BCUT2D eigenvalue weighted by Gasteiger charge is 2.04. The van der Waals surface area contributed by atoms with E-state index in [-0.39, 0.29) is 5.82 Å². The van der Waals surface area contributed by atoms with Gasteiger partial charge in [-0.3, -0.25) is 0 Å². The predicted octanol–water partition coefficient (Wildman–Crippen LogP) is 5.07. The summed E-state index contributed by atoms with van der Waals surface area (Å²) in [6.07, 6.45) is 0.852. The molecule has 1 aromatic heterocycles. The Morgan fingerprint density at radius 3 is 2.39 bits per heavy atom. The Kier molecular flexibility index (Phi) is 5.11. The van der Waals surface area contributed by atoms with Crippen molar-refractivity contribution in [2.45, 2.75) is 13.0 Å². The van der Waals surface area contributed by atoms with Gasteiger partial charge in [0.2, 0.25) is 0 Å². The maximum Gasteiger partial charge on any atom is 0.134 e. The maximum atomic E-state index is 12.8. The lowest BCUT2D eigenvalue weighted by molar-refractivity contribution is 0.494. The van der Waals surface area contributed by atoms with Crippen LogP contribution < -0.4 is 5.32 Å². The molecule has 1 heterocycles. The minimum Gasteiger partial charge on any atom is -0.460 e. The van der Waals surface area contributed by atoms with E-state index in [1.807, 2.05) is 48.5 Å². The molecule has 4 heteroatoms. The summed E-state index contributed by atoms with van der Waals surface area (Å²) in [5, 5.41) is 4.04. The fourth-order valence-electron chi connectivity index (χ4n) is 2.34. The molecule has 0 spiro atoms. The largest absolute Gasteiger partial charge is 0.460 e. The molecular weight excluding hydrogens is 313 g/mol. The predicted molar refractivity (Wildman–Crippen MR) is 91.0 cm³/mol. The molecular formula is C19H17ClFNO. The molecule has 0 amide bonds. The molecule has 0 aliphatic carbocycles. The molecule has 2 nitrogen and oxygen atoms in total. The third-order valence-electron chi connectivity index (χ3n) is 3.59. The highest BCUT2D eigenvalue weighted by molar-refractivity contribution is 6.30. The Morgan fingerprint density at radius 1 is 0.913 bits per heavy atom. The fourth-order valence-corrected chi connectivity index (χ4v) is 2.46. The molecule has 1 N–H and O–H groups in total. The first kappa shape index (κ1) is 15.8. The summed E-state index contributed by atoms with van der Waals surface area (Å²) in [5.41, 5.74) is 2.12. The number of furan rings is 1. The van der Waals surface area contributed by atoms with Crippen LogP contribution in [-0.4, -0.2) is 6.54 Å². The van der Waals surface area contributed by atoms with E-state index in [1.54, 1.807) is 0 Å². The van der Waals surface area contributed by atoms with Gasteiger partial charge in [0.1, 0.15) is 17.3 Å². The smallest absolute Gasteiger partial charge is 0.134 e. The van der Waals surface area contributed by atoms with Crippen LogP contribution in [0.2, 0.25) is 5.02 Å². The van der Waals surface area contributed by atoms with E-state index in [2.05, 4.69) is 5.32 Å². The van der Waals surface area contributed by atoms with Crippen molar-refractivity contribution in [3.63, 3.8) is 0 Å². The van der Waals surface area contributed by atoms with E-state index in [9.17, 15) is 4.39 Å². The molecule has 0 aliphatic heterocycles. The number of hydrogen-bond acceptors (Lipinski definition) is 2. The second-order valence-corrected chi connectivity index (χ2v) is 5.76. The number of benzene rings is 2. The monoisotopic (exact) mass is 329 g/mol. The molecule has 0 radical (unpaired) electrons. The van der Waals surface area contributed by atoms with Gasteiger partial charge < -0.3 is 9.73 Å². The van der Waals surface area contributed by atoms with E-state index in [0.29, 0.717) is 11.6 Å². The van der Waals surface area contributed by atoms with Gasteiger partial charge in [-0.05, 0) is 67.1 Å². The van der Waals surface area contributed by atoms with E-state index >= 15 is 0 Å². The topological polar surface area (TPSA) is 25.2 Å². The van der Waals surface area contributed by atoms with Gasteiger partial charge in [-0.2, -0.15) is 0 Å². The van der Waals surface area contributed by atoms with Crippen LogP contribution >= 0.6 is 11.6 Å². The van der Waals surface area contributed by atoms with Crippen LogP contribution in [0.1, 0.15) is 11.3 Å². The van der Waals surface area contributed by atoms with Gasteiger partial charge in [-0.15, -0.1) is 0 Å². The number of halogens is 2. The molecule has 118 valence electrons. The molecule has 0 saturated carbocycles. The molecule has 0 unspecified atom stereocenters. The van der Waals surface area contributed by atoms with Gasteiger partial charge in [0.05, 0.1) is 6.54 Å². The van der Waals surface area contributed by atoms with Crippen molar-refractivity contribution in [1.82, 2.24) is 5.32 Å². The lowest BCUT2D eigenvalue weighted by atomic mass is 10.1. The van der Waals surface area contributed by atoms with Crippen molar-refractivity contribution in [3.05, 3.63) is 82.8 Å². The first-order chi connectivity index (χ1) is 11.2. The lowest BCUT2D eigenvalue weighted by Crippen LogP contribution is -2.16. The summed E-state index contributed by atoms with van der Waals surface area (Å²) in [4.78, 5) is 0. The first-order valence-corrected chi connectivity index (χ1v) is 7.88. The molecule has 2 aromatic carbocycles. The van der Waals surface area contributed by atoms with E-state index < -0.39 is 0 Å². The molecule has 3 aromatic rings. The second-order valence-electron chi connectivity index (χ2n) is 5.33. The van der Waals surface area contributed by atoms with Crippen LogP contribution in [-0.2, 0) is 13.0 Å². The van der Waals surface area contributed by atoms with E-state index in [4.69, 9.17) is 16.0 Å². The van der Waals surface area contributed by atoms with Crippen molar-refractivity contribution >= 4 is 11.6 Å². The van der Waals surface area contributed by atoms with Crippen LogP contribution in [0.5, 0.6) is 0 Å². The van der Waals surface area contributed by atoms with Gasteiger partial charge in [-0.1, -0.05) is 23.7 Å². The van der Waals surface area contributed by atoms with Crippen molar-refractivity contribution < 1.29 is 8.81 Å². The van der Waals surface area contributed by atoms with Gasteiger partial charge in [-0.25, -0.2) is 4.39 Å². The first-order valence-electron chi connectivity index (χ1n) is 7.50. The zero-order chi connectivity index (χ0) is 16.1. The Bertz CT molecular complexity index is 750. The second kappa shape index (κ2) is 7.44. The minimum atomic E-state index is -0.202. The van der Waals surface area contributed by atoms with Crippen molar-refractivity contribution in [2.24, 2.45) is 0 Å². The van der Waals surface area contributed by atoms with Gasteiger partial charge in [0.15, 0.2) is 0 Å².